The van der Waals surface area contributed by atoms with Gasteiger partial charge in [0.05, 0.1) is 17.2 Å². The number of carboxylic acid groups (broad SMARTS) is 1. The quantitative estimate of drug-likeness (QED) is 0.307. The van der Waals surface area contributed by atoms with Crippen LogP contribution in [0.15, 0.2) is 78.4 Å². The van der Waals surface area contributed by atoms with Crippen LogP contribution in [0.4, 0.5) is 5.69 Å². The monoisotopic (exact) mass is 467 g/mol. The molecule has 3 aromatic rings. The van der Waals surface area contributed by atoms with Gasteiger partial charge in [0.1, 0.15) is 5.76 Å². The van der Waals surface area contributed by atoms with Crippen molar-refractivity contribution in [3.05, 3.63) is 105 Å². The molecule has 3 aromatic carbocycles. The predicted octanol–water partition coefficient (Wildman–Crippen LogP) is 5.32. The molecule has 4 rings (SSSR count). The fourth-order valence-electron chi connectivity index (χ4n) is 3.59. The molecular formula is C24H15Cl2NO5. The zero-order valence-corrected chi connectivity index (χ0v) is 17.8. The van der Waals surface area contributed by atoms with Crippen LogP contribution in [0, 0.1) is 0 Å². The van der Waals surface area contributed by atoms with Crippen molar-refractivity contribution in [3.63, 3.8) is 0 Å². The Morgan fingerprint density at radius 1 is 0.750 bits per heavy atom. The van der Waals surface area contributed by atoms with Gasteiger partial charge < -0.3 is 10.2 Å². The number of rotatable bonds is 4. The molecule has 0 radical (unpaired) electrons. The summed E-state index contributed by atoms with van der Waals surface area (Å²) < 4.78 is 0. The third-order valence-corrected chi connectivity index (χ3v) is 5.64. The second-order valence-corrected chi connectivity index (χ2v) is 7.95. The molecule has 1 amide bonds. The molecule has 8 heteroatoms. The van der Waals surface area contributed by atoms with E-state index in [9.17, 15) is 19.5 Å². The standard InChI is InChI=1S/C24H15Cl2NO5/c25-16-7-1-13(2-8-16)20-19(21(28)14-3-9-17(26)10-4-14)22(29)23(30)27(20)18-11-5-15(6-12-18)24(31)32/h1-12,20,28H,(H,31,32). The number of amides is 1. The summed E-state index contributed by atoms with van der Waals surface area (Å²) in [4.78, 5) is 38.5. The van der Waals surface area contributed by atoms with Gasteiger partial charge in [-0.3, -0.25) is 14.5 Å². The van der Waals surface area contributed by atoms with Crippen LogP contribution in [0.1, 0.15) is 27.5 Å². The molecule has 1 unspecified atom stereocenters. The Balaban J connectivity index is 1.91. The lowest BCUT2D eigenvalue weighted by molar-refractivity contribution is -0.132. The highest BCUT2D eigenvalue weighted by molar-refractivity contribution is 6.51. The van der Waals surface area contributed by atoms with Gasteiger partial charge in [0.2, 0.25) is 0 Å². The first kappa shape index (κ1) is 21.6. The summed E-state index contributed by atoms with van der Waals surface area (Å²) in [6.07, 6.45) is 0. The average Bonchev–Trinajstić information content (AvgIpc) is 3.05. The molecule has 1 fully saturated rings. The molecule has 160 valence electrons. The molecule has 1 aliphatic rings. The lowest BCUT2D eigenvalue weighted by Gasteiger charge is -2.25. The molecule has 0 bridgehead atoms. The maximum absolute atomic E-state index is 13.0. The molecule has 0 spiro atoms. The van der Waals surface area contributed by atoms with Crippen molar-refractivity contribution in [1.82, 2.24) is 0 Å². The smallest absolute Gasteiger partial charge is 0.335 e. The highest BCUT2D eigenvalue weighted by atomic mass is 35.5. The van der Waals surface area contributed by atoms with Crippen LogP contribution in [-0.2, 0) is 9.59 Å². The minimum Gasteiger partial charge on any atom is -0.507 e. The molecule has 0 aromatic heterocycles. The van der Waals surface area contributed by atoms with Crippen LogP contribution >= 0.6 is 23.2 Å². The number of halogens is 2. The number of carboxylic acids is 1. The Kier molecular flexibility index (Phi) is 5.74. The molecule has 1 saturated heterocycles. The molecule has 6 nitrogen and oxygen atoms in total. The zero-order chi connectivity index (χ0) is 23.0. The van der Waals surface area contributed by atoms with Crippen LogP contribution in [0.3, 0.4) is 0 Å². The molecule has 1 atom stereocenters. The van der Waals surface area contributed by atoms with Gasteiger partial charge in [0.15, 0.2) is 0 Å². The van der Waals surface area contributed by atoms with Crippen molar-refractivity contribution in [1.29, 1.82) is 0 Å². The van der Waals surface area contributed by atoms with Gasteiger partial charge in [-0.05, 0) is 66.2 Å². The molecule has 1 heterocycles. The minimum atomic E-state index is -1.12. The Hall–Kier alpha value is -3.61. The van der Waals surface area contributed by atoms with Gasteiger partial charge in [0.25, 0.3) is 11.7 Å². The number of benzene rings is 3. The second kappa shape index (κ2) is 8.49. The van der Waals surface area contributed by atoms with E-state index >= 15 is 0 Å². The lowest BCUT2D eigenvalue weighted by atomic mass is 9.95. The number of Topliss-reactive ketones (excluding diaryl/α,β-unsaturated/α-hetero) is 1. The van der Waals surface area contributed by atoms with Crippen LogP contribution in [0.2, 0.25) is 10.0 Å². The maximum Gasteiger partial charge on any atom is 0.335 e. The fourth-order valence-corrected chi connectivity index (χ4v) is 3.84. The Labute approximate surface area is 192 Å². The SMILES string of the molecule is O=C1C(=O)N(c2ccc(C(=O)O)cc2)C(c2ccc(Cl)cc2)C1=C(O)c1ccc(Cl)cc1. The Morgan fingerprint density at radius 2 is 1.25 bits per heavy atom. The number of nitrogens with zero attached hydrogens (tertiary/aromatic N) is 1. The lowest BCUT2D eigenvalue weighted by Crippen LogP contribution is -2.29. The predicted molar refractivity (Wildman–Crippen MR) is 121 cm³/mol. The molecular weight excluding hydrogens is 453 g/mol. The topological polar surface area (TPSA) is 94.9 Å². The van der Waals surface area contributed by atoms with Crippen molar-refractivity contribution >= 4 is 52.3 Å². The molecule has 32 heavy (non-hydrogen) atoms. The summed E-state index contributed by atoms with van der Waals surface area (Å²) in [5.74, 6) is -3.16. The van der Waals surface area contributed by atoms with E-state index in [-0.39, 0.29) is 16.9 Å². The molecule has 2 N–H and O–H groups in total. The van der Waals surface area contributed by atoms with E-state index in [0.29, 0.717) is 26.9 Å². The third kappa shape index (κ3) is 3.86. The van der Waals surface area contributed by atoms with E-state index in [2.05, 4.69) is 0 Å². The van der Waals surface area contributed by atoms with Gasteiger partial charge in [-0.1, -0.05) is 35.3 Å². The summed E-state index contributed by atoms with van der Waals surface area (Å²) in [7, 11) is 0. The minimum absolute atomic E-state index is 0.0366. The summed E-state index contributed by atoms with van der Waals surface area (Å²) in [6, 6.07) is 17.4. The van der Waals surface area contributed by atoms with Gasteiger partial charge in [-0.15, -0.1) is 0 Å². The van der Waals surface area contributed by atoms with Gasteiger partial charge >= 0.3 is 5.97 Å². The van der Waals surface area contributed by atoms with E-state index < -0.39 is 23.7 Å². The zero-order valence-electron chi connectivity index (χ0n) is 16.3. The first-order valence-corrected chi connectivity index (χ1v) is 10.2. The van der Waals surface area contributed by atoms with Crippen molar-refractivity contribution in [2.24, 2.45) is 0 Å². The van der Waals surface area contributed by atoms with Crippen LogP contribution in [-0.4, -0.2) is 27.9 Å². The number of anilines is 1. The number of carbonyl (C=O) groups is 3. The number of hydrogen-bond donors (Lipinski definition) is 2. The Morgan fingerprint density at radius 3 is 1.78 bits per heavy atom. The van der Waals surface area contributed by atoms with Crippen molar-refractivity contribution < 1.29 is 24.6 Å². The fraction of sp³-hybridized carbons (Fsp3) is 0.0417. The first-order chi connectivity index (χ1) is 15.3. The number of hydrogen-bond acceptors (Lipinski definition) is 4. The van der Waals surface area contributed by atoms with Crippen LogP contribution in [0.5, 0.6) is 0 Å². The second-order valence-electron chi connectivity index (χ2n) is 7.08. The number of aliphatic hydroxyl groups is 1. The highest BCUT2D eigenvalue weighted by Gasteiger charge is 2.46. The summed E-state index contributed by atoms with van der Waals surface area (Å²) in [5.41, 5.74) is 1.13. The van der Waals surface area contributed by atoms with Crippen molar-refractivity contribution in [3.8, 4) is 0 Å². The number of aliphatic hydroxyl groups excluding tert-OH is 1. The van der Waals surface area contributed by atoms with E-state index in [1.165, 1.54) is 29.2 Å². The summed E-state index contributed by atoms with van der Waals surface area (Å²) >= 11 is 11.9. The number of carbonyl (C=O) groups excluding carboxylic acids is 2. The van der Waals surface area contributed by atoms with E-state index in [1.807, 2.05) is 0 Å². The maximum atomic E-state index is 13.0. The van der Waals surface area contributed by atoms with Crippen molar-refractivity contribution in [2.75, 3.05) is 4.90 Å². The highest BCUT2D eigenvalue weighted by Crippen LogP contribution is 2.42. The average molecular weight is 468 g/mol. The largest absolute Gasteiger partial charge is 0.507 e. The van der Waals surface area contributed by atoms with Crippen LogP contribution in [0.25, 0.3) is 5.76 Å². The van der Waals surface area contributed by atoms with Gasteiger partial charge in [-0.2, -0.15) is 0 Å². The molecule has 0 saturated carbocycles. The number of aromatic carboxylic acids is 1. The van der Waals surface area contributed by atoms with Crippen molar-refractivity contribution in [2.45, 2.75) is 6.04 Å². The molecule has 0 aliphatic carbocycles. The van der Waals surface area contributed by atoms with Gasteiger partial charge in [-0.25, -0.2) is 4.79 Å². The molecule has 1 aliphatic heterocycles. The van der Waals surface area contributed by atoms with Gasteiger partial charge in [0, 0.05) is 21.3 Å². The van der Waals surface area contributed by atoms with E-state index in [4.69, 9.17) is 28.3 Å². The number of ketones is 1. The normalized spacial score (nSPS) is 17.6. The summed E-state index contributed by atoms with van der Waals surface area (Å²) in [5, 5.41) is 21.1. The Bertz CT molecular complexity index is 1250. The van der Waals surface area contributed by atoms with E-state index in [0.717, 1.165) is 0 Å². The van der Waals surface area contributed by atoms with Crippen LogP contribution < -0.4 is 4.90 Å². The summed E-state index contributed by atoms with van der Waals surface area (Å²) in [6.45, 7) is 0. The van der Waals surface area contributed by atoms with E-state index in [1.54, 1.807) is 48.5 Å². The third-order valence-electron chi connectivity index (χ3n) is 5.14. The first-order valence-electron chi connectivity index (χ1n) is 9.43.